The van der Waals surface area contributed by atoms with Gasteiger partial charge in [-0.1, -0.05) is 29.8 Å². The van der Waals surface area contributed by atoms with Gasteiger partial charge < -0.3 is 10.5 Å². The zero-order valence-corrected chi connectivity index (χ0v) is 10.0. The minimum atomic E-state index is -4.17. The number of nitrogens with two attached hydrogens (primary N) is 1. The zero-order valence-electron chi connectivity index (χ0n) is 9.25. The summed E-state index contributed by atoms with van der Waals surface area (Å²) in [5.41, 5.74) is 6.17. The van der Waals surface area contributed by atoms with Crippen LogP contribution in [-0.2, 0) is 4.74 Å². The lowest BCUT2D eigenvalue weighted by atomic mass is 10.1. The summed E-state index contributed by atoms with van der Waals surface area (Å²) < 4.78 is 53.3. The van der Waals surface area contributed by atoms with Crippen LogP contribution in [0.3, 0.4) is 0 Å². The molecule has 1 aromatic rings. The van der Waals surface area contributed by atoms with E-state index in [4.69, 9.17) is 17.3 Å². The van der Waals surface area contributed by atoms with Crippen molar-refractivity contribution in [3.8, 4) is 0 Å². The van der Waals surface area contributed by atoms with E-state index in [2.05, 4.69) is 4.74 Å². The van der Waals surface area contributed by atoms with Crippen LogP contribution in [0, 0.1) is 0 Å². The van der Waals surface area contributed by atoms with Crippen molar-refractivity contribution >= 4 is 11.6 Å². The van der Waals surface area contributed by atoms with E-state index >= 15 is 0 Å². The van der Waals surface area contributed by atoms with Crippen molar-refractivity contribution in [1.29, 1.82) is 0 Å². The minimum Gasteiger partial charge on any atom is -0.373 e. The molecule has 0 radical (unpaired) electrons. The quantitative estimate of drug-likeness (QED) is 0.814. The number of alkyl halides is 4. The van der Waals surface area contributed by atoms with Crippen LogP contribution in [-0.4, -0.2) is 25.6 Å². The second kappa shape index (κ2) is 6.36. The molecule has 1 atom stereocenters. The molecule has 7 heteroatoms. The smallest absolute Gasteiger partial charge is 0.330 e. The summed E-state index contributed by atoms with van der Waals surface area (Å²) in [5.74, 6) is -4.17. The van der Waals surface area contributed by atoms with Crippen LogP contribution >= 0.6 is 11.6 Å². The largest absolute Gasteiger partial charge is 0.373 e. The molecule has 2 nitrogen and oxygen atoms in total. The van der Waals surface area contributed by atoms with Gasteiger partial charge in [-0.05, 0) is 11.6 Å². The van der Waals surface area contributed by atoms with Gasteiger partial charge in [-0.25, -0.2) is 8.78 Å². The monoisotopic (exact) mass is 285 g/mol. The summed E-state index contributed by atoms with van der Waals surface area (Å²) in [7, 11) is 0. The summed E-state index contributed by atoms with van der Waals surface area (Å²) >= 11 is 5.83. The van der Waals surface area contributed by atoms with Gasteiger partial charge in [0.2, 0.25) is 0 Å². The highest BCUT2D eigenvalue weighted by atomic mass is 35.5. The Morgan fingerprint density at radius 3 is 2.44 bits per heavy atom. The summed E-state index contributed by atoms with van der Waals surface area (Å²) in [5, 5.41) is 0.370. The minimum absolute atomic E-state index is 0.313. The van der Waals surface area contributed by atoms with Crippen molar-refractivity contribution in [2.75, 3.05) is 13.2 Å². The van der Waals surface area contributed by atoms with Crippen molar-refractivity contribution in [2.24, 2.45) is 5.73 Å². The van der Waals surface area contributed by atoms with Crippen LogP contribution in [0.2, 0.25) is 5.02 Å². The van der Waals surface area contributed by atoms with E-state index in [1.165, 1.54) is 0 Å². The van der Waals surface area contributed by atoms with Gasteiger partial charge >= 0.3 is 12.3 Å². The molecule has 2 N–H and O–H groups in total. The number of halogens is 5. The average molecular weight is 286 g/mol. The van der Waals surface area contributed by atoms with E-state index in [1.54, 1.807) is 24.3 Å². The van der Waals surface area contributed by atoms with Gasteiger partial charge in [0.15, 0.2) is 0 Å². The third-order valence-corrected chi connectivity index (χ3v) is 2.56. The second-order valence-corrected chi connectivity index (χ2v) is 4.11. The topological polar surface area (TPSA) is 35.2 Å². The van der Waals surface area contributed by atoms with Crippen LogP contribution in [0.25, 0.3) is 0 Å². The molecule has 0 fully saturated rings. The first-order chi connectivity index (χ1) is 8.34. The molecule has 1 rings (SSSR count). The van der Waals surface area contributed by atoms with Crippen LogP contribution in [0.4, 0.5) is 17.6 Å². The Bertz CT molecular complexity index is 389. The number of benzene rings is 1. The maximum Gasteiger partial charge on any atom is 0.330 e. The molecule has 1 unspecified atom stereocenters. The maximum absolute atomic E-state index is 12.5. The Morgan fingerprint density at radius 2 is 1.89 bits per heavy atom. The fourth-order valence-corrected chi connectivity index (χ4v) is 1.53. The van der Waals surface area contributed by atoms with Gasteiger partial charge in [-0.2, -0.15) is 8.78 Å². The summed E-state index contributed by atoms with van der Waals surface area (Å²) in [4.78, 5) is 0. The highest BCUT2D eigenvalue weighted by Crippen LogP contribution is 2.25. The van der Waals surface area contributed by atoms with Crippen LogP contribution in [0.15, 0.2) is 24.3 Å². The first kappa shape index (κ1) is 15.2. The van der Waals surface area contributed by atoms with E-state index in [1.807, 2.05) is 0 Å². The number of hydrogen-bond acceptors (Lipinski definition) is 2. The molecule has 102 valence electrons. The number of hydrogen-bond donors (Lipinski definition) is 1. The Kier molecular flexibility index (Phi) is 5.37. The Labute approximate surface area is 107 Å². The van der Waals surface area contributed by atoms with Crippen molar-refractivity contribution in [3.63, 3.8) is 0 Å². The third kappa shape index (κ3) is 4.12. The van der Waals surface area contributed by atoms with Gasteiger partial charge in [-0.15, -0.1) is 0 Å². The fraction of sp³-hybridized carbons (Fsp3) is 0.455. The van der Waals surface area contributed by atoms with Crippen molar-refractivity contribution < 1.29 is 22.3 Å². The predicted octanol–water partition coefficient (Wildman–Crippen LogP) is 3.26. The first-order valence-corrected chi connectivity index (χ1v) is 5.46. The Hall–Kier alpha value is -0.850. The van der Waals surface area contributed by atoms with Crippen LogP contribution < -0.4 is 5.73 Å². The molecule has 0 amide bonds. The van der Waals surface area contributed by atoms with E-state index < -0.39 is 25.0 Å². The standard InChI is InChI=1S/C11H12ClF4NO/c12-8-4-2-1-3-7(8)9(17)5-18-6-11(15,16)10(13)14/h1-4,9-10H,5-6,17H2. The summed E-state index contributed by atoms with van der Waals surface area (Å²) in [6.07, 6.45) is -3.76. The lowest BCUT2D eigenvalue weighted by Gasteiger charge is -2.18. The molecule has 0 spiro atoms. The molecule has 1 aromatic carbocycles. The molecule has 0 saturated heterocycles. The second-order valence-electron chi connectivity index (χ2n) is 3.70. The lowest BCUT2D eigenvalue weighted by Crippen LogP contribution is -2.33. The molecule has 0 aliphatic carbocycles. The van der Waals surface area contributed by atoms with Gasteiger partial charge in [0.05, 0.1) is 12.6 Å². The van der Waals surface area contributed by atoms with Gasteiger partial charge in [0.25, 0.3) is 0 Å². The molecule has 0 saturated carbocycles. The highest BCUT2D eigenvalue weighted by Gasteiger charge is 2.41. The maximum atomic E-state index is 12.5. The number of rotatable bonds is 6. The lowest BCUT2D eigenvalue weighted by molar-refractivity contribution is -0.166. The van der Waals surface area contributed by atoms with Gasteiger partial charge in [0.1, 0.15) is 6.61 Å². The fourth-order valence-electron chi connectivity index (χ4n) is 1.25. The molecule has 18 heavy (non-hydrogen) atoms. The van der Waals surface area contributed by atoms with Crippen molar-refractivity contribution in [3.05, 3.63) is 34.9 Å². The van der Waals surface area contributed by atoms with Crippen molar-refractivity contribution in [1.82, 2.24) is 0 Å². The van der Waals surface area contributed by atoms with Crippen molar-refractivity contribution in [2.45, 2.75) is 18.4 Å². The third-order valence-electron chi connectivity index (χ3n) is 2.22. The van der Waals surface area contributed by atoms with E-state index in [0.29, 0.717) is 10.6 Å². The summed E-state index contributed by atoms with van der Waals surface area (Å²) in [6, 6.07) is 5.82. The van der Waals surface area contributed by atoms with Crippen LogP contribution in [0.5, 0.6) is 0 Å². The molecule has 0 bridgehead atoms. The predicted molar refractivity (Wildman–Crippen MR) is 60.2 cm³/mol. The Morgan fingerprint density at radius 1 is 1.28 bits per heavy atom. The Balaban J connectivity index is 2.48. The molecule has 0 aliphatic rings. The van der Waals surface area contributed by atoms with E-state index in [9.17, 15) is 17.6 Å². The molecular weight excluding hydrogens is 274 g/mol. The molecular formula is C11H12ClF4NO. The number of ether oxygens (including phenoxy) is 1. The molecule has 0 heterocycles. The van der Waals surface area contributed by atoms with Gasteiger partial charge in [-0.3, -0.25) is 0 Å². The van der Waals surface area contributed by atoms with E-state index in [0.717, 1.165) is 0 Å². The molecule has 0 aliphatic heterocycles. The highest BCUT2D eigenvalue weighted by molar-refractivity contribution is 6.31. The average Bonchev–Trinajstić information content (AvgIpc) is 2.29. The first-order valence-electron chi connectivity index (χ1n) is 5.08. The SMILES string of the molecule is NC(COCC(F)(F)C(F)F)c1ccccc1Cl. The van der Waals surface area contributed by atoms with E-state index in [-0.39, 0.29) is 6.61 Å². The van der Waals surface area contributed by atoms with Gasteiger partial charge in [0, 0.05) is 5.02 Å². The normalized spacial score (nSPS) is 13.9. The summed E-state index contributed by atoms with van der Waals surface area (Å²) in [6.45, 7) is -1.69. The van der Waals surface area contributed by atoms with Crippen LogP contribution in [0.1, 0.15) is 11.6 Å². The molecule has 0 aromatic heterocycles. The zero-order chi connectivity index (χ0) is 13.8.